The smallest absolute Gasteiger partial charge is 0.271 e. The quantitative estimate of drug-likeness (QED) is 0.700. The van der Waals surface area contributed by atoms with Gasteiger partial charge in [0.1, 0.15) is 11.6 Å². The minimum atomic E-state index is -0.302. The van der Waals surface area contributed by atoms with E-state index in [0.717, 1.165) is 10.9 Å². The van der Waals surface area contributed by atoms with E-state index in [9.17, 15) is 14.9 Å². The molecule has 0 aliphatic carbocycles. The van der Waals surface area contributed by atoms with Crippen LogP contribution in [0, 0.1) is 11.3 Å². The largest absolute Gasteiger partial charge is 0.366 e. The third-order valence-electron chi connectivity index (χ3n) is 5.17. The standard InChI is InChI=1S/C21H24ClN5O2/c1-4-19(28)25-8-10-26(11-9-25)20-16-13-15(22)5-6-18(16)27(12-7-24(2)3)21(29)17(20)14-23/h4-6,13H,1,7-12H2,2-3H3. The molecule has 1 fully saturated rings. The molecule has 8 heteroatoms. The Morgan fingerprint density at radius 1 is 1.31 bits per heavy atom. The molecule has 2 heterocycles. The Hall–Kier alpha value is -2.82. The molecular formula is C21H24ClN5O2. The summed E-state index contributed by atoms with van der Waals surface area (Å²) in [5.41, 5.74) is 1.16. The zero-order valence-electron chi connectivity index (χ0n) is 16.7. The number of likely N-dealkylation sites (N-methyl/N-ethyl adjacent to an activating group) is 1. The van der Waals surface area contributed by atoms with Gasteiger partial charge in [-0.15, -0.1) is 0 Å². The summed E-state index contributed by atoms with van der Waals surface area (Å²) in [6.07, 6.45) is 1.30. The van der Waals surface area contributed by atoms with Gasteiger partial charge in [0.25, 0.3) is 5.56 Å². The van der Waals surface area contributed by atoms with Crippen molar-refractivity contribution >= 4 is 34.1 Å². The maximum atomic E-state index is 13.2. The number of nitrogens with zero attached hydrogens (tertiary/aromatic N) is 5. The molecule has 1 aliphatic heterocycles. The molecule has 2 aromatic rings. The highest BCUT2D eigenvalue weighted by molar-refractivity contribution is 6.31. The third-order valence-corrected chi connectivity index (χ3v) is 5.40. The van der Waals surface area contributed by atoms with Crippen LogP contribution in [-0.2, 0) is 11.3 Å². The average molecular weight is 414 g/mol. The van der Waals surface area contributed by atoms with Crippen LogP contribution in [0.1, 0.15) is 5.56 Å². The maximum absolute atomic E-state index is 13.2. The molecule has 152 valence electrons. The third kappa shape index (κ3) is 4.14. The second-order valence-corrected chi connectivity index (χ2v) is 7.71. The SMILES string of the molecule is C=CC(=O)N1CCN(c2c(C#N)c(=O)n(CCN(C)C)c3ccc(Cl)cc23)CC1. The van der Waals surface area contributed by atoms with E-state index < -0.39 is 0 Å². The lowest BCUT2D eigenvalue weighted by Crippen LogP contribution is -2.49. The zero-order chi connectivity index (χ0) is 21.1. The lowest BCUT2D eigenvalue weighted by atomic mass is 10.1. The summed E-state index contributed by atoms with van der Waals surface area (Å²) >= 11 is 6.27. The van der Waals surface area contributed by atoms with Gasteiger partial charge in [0.05, 0.1) is 11.2 Å². The molecule has 1 amide bonds. The molecule has 1 aromatic heterocycles. The number of rotatable bonds is 5. The number of amides is 1. The molecule has 0 atom stereocenters. The van der Waals surface area contributed by atoms with Crippen molar-refractivity contribution in [3.63, 3.8) is 0 Å². The van der Waals surface area contributed by atoms with E-state index in [2.05, 4.69) is 12.6 Å². The molecule has 0 saturated carbocycles. The van der Waals surface area contributed by atoms with E-state index in [4.69, 9.17) is 11.6 Å². The summed E-state index contributed by atoms with van der Waals surface area (Å²) < 4.78 is 1.64. The summed E-state index contributed by atoms with van der Waals surface area (Å²) in [6.45, 7) is 6.73. The zero-order valence-corrected chi connectivity index (χ0v) is 17.4. The normalized spacial score (nSPS) is 14.3. The molecule has 7 nitrogen and oxygen atoms in total. The molecule has 1 aliphatic rings. The highest BCUT2D eigenvalue weighted by Crippen LogP contribution is 2.31. The van der Waals surface area contributed by atoms with Gasteiger partial charge in [0.2, 0.25) is 5.91 Å². The molecule has 0 bridgehead atoms. The topological polar surface area (TPSA) is 72.6 Å². The number of hydrogen-bond donors (Lipinski definition) is 0. The van der Waals surface area contributed by atoms with E-state index in [0.29, 0.717) is 50.0 Å². The first-order valence-electron chi connectivity index (χ1n) is 9.44. The predicted molar refractivity (Wildman–Crippen MR) is 115 cm³/mol. The van der Waals surface area contributed by atoms with Gasteiger partial charge in [-0.2, -0.15) is 5.26 Å². The fraction of sp³-hybridized carbons (Fsp3) is 0.381. The van der Waals surface area contributed by atoms with Gasteiger partial charge in [-0.3, -0.25) is 9.59 Å². The lowest BCUT2D eigenvalue weighted by Gasteiger charge is -2.36. The number of carbonyl (C=O) groups is 1. The first-order valence-corrected chi connectivity index (χ1v) is 9.82. The van der Waals surface area contributed by atoms with E-state index in [1.165, 1.54) is 6.08 Å². The summed E-state index contributed by atoms with van der Waals surface area (Å²) in [7, 11) is 3.88. The number of halogens is 1. The summed E-state index contributed by atoms with van der Waals surface area (Å²) in [5.74, 6) is -0.114. The van der Waals surface area contributed by atoms with Crippen LogP contribution in [0.25, 0.3) is 10.9 Å². The van der Waals surface area contributed by atoms with Gasteiger partial charge in [-0.1, -0.05) is 18.2 Å². The highest BCUT2D eigenvalue weighted by atomic mass is 35.5. The lowest BCUT2D eigenvalue weighted by molar-refractivity contribution is -0.126. The Morgan fingerprint density at radius 3 is 2.59 bits per heavy atom. The average Bonchev–Trinajstić information content (AvgIpc) is 2.71. The maximum Gasteiger partial charge on any atom is 0.271 e. The van der Waals surface area contributed by atoms with Gasteiger partial charge >= 0.3 is 0 Å². The van der Waals surface area contributed by atoms with Crippen molar-refractivity contribution in [1.82, 2.24) is 14.4 Å². The number of benzene rings is 1. The number of piperazine rings is 1. The second kappa shape index (κ2) is 8.68. The Bertz CT molecular complexity index is 1050. The van der Waals surface area contributed by atoms with Gasteiger partial charge in [0.15, 0.2) is 0 Å². The van der Waals surface area contributed by atoms with Gasteiger partial charge in [0, 0.05) is 49.7 Å². The molecule has 0 spiro atoms. The van der Waals surface area contributed by atoms with Crippen LogP contribution in [0.5, 0.6) is 0 Å². The van der Waals surface area contributed by atoms with Crippen molar-refractivity contribution in [1.29, 1.82) is 5.26 Å². The van der Waals surface area contributed by atoms with Crippen molar-refractivity contribution < 1.29 is 4.79 Å². The molecule has 3 rings (SSSR count). The van der Waals surface area contributed by atoms with E-state index in [-0.39, 0.29) is 17.0 Å². The van der Waals surface area contributed by atoms with E-state index in [1.54, 1.807) is 21.6 Å². The number of carbonyl (C=O) groups excluding carboxylic acids is 1. The summed E-state index contributed by atoms with van der Waals surface area (Å²) in [5, 5.41) is 11.1. The van der Waals surface area contributed by atoms with Crippen molar-refractivity contribution in [3.8, 4) is 6.07 Å². The van der Waals surface area contributed by atoms with Gasteiger partial charge < -0.3 is 19.3 Å². The first-order chi connectivity index (χ1) is 13.9. The van der Waals surface area contributed by atoms with Gasteiger partial charge in [-0.05, 0) is 38.4 Å². The van der Waals surface area contributed by atoms with Crippen LogP contribution in [-0.4, -0.2) is 67.1 Å². The Balaban J connectivity index is 2.12. The molecular weight excluding hydrogens is 390 g/mol. The molecule has 0 N–H and O–H groups in total. The monoisotopic (exact) mass is 413 g/mol. The van der Waals surface area contributed by atoms with Crippen molar-refractivity contribution in [2.45, 2.75) is 6.54 Å². The van der Waals surface area contributed by atoms with Crippen LogP contribution in [0.4, 0.5) is 5.69 Å². The summed E-state index contributed by atoms with van der Waals surface area (Å²) in [6, 6.07) is 7.51. The number of pyridine rings is 1. The van der Waals surface area contributed by atoms with Gasteiger partial charge in [-0.25, -0.2) is 0 Å². The molecule has 0 radical (unpaired) electrons. The van der Waals surface area contributed by atoms with Crippen LogP contribution >= 0.6 is 11.6 Å². The fourth-order valence-electron chi connectivity index (χ4n) is 3.64. The van der Waals surface area contributed by atoms with Crippen molar-refractivity contribution in [2.75, 3.05) is 51.7 Å². The molecule has 0 unspecified atom stereocenters. The van der Waals surface area contributed by atoms with Crippen LogP contribution in [0.3, 0.4) is 0 Å². The van der Waals surface area contributed by atoms with Crippen molar-refractivity contribution in [2.24, 2.45) is 0 Å². The molecule has 1 saturated heterocycles. The van der Waals surface area contributed by atoms with Crippen LogP contribution in [0.2, 0.25) is 5.02 Å². The first kappa shape index (κ1) is 20.9. The molecule has 1 aromatic carbocycles. The number of aromatic nitrogens is 1. The minimum absolute atomic E-state index is 0.113. The van der Waals surface area contributed by atoms with E-state index >= 15 is 0 Å². The number of nitriles is 1. The second-order valence-electron chi connectivity index (χ2n) is 7.27. The number of fused-ring (bicyclic) bond motifs is 1. The molecule has 29 heavy (non-hydrogen) atoms. The number of hydrogen-bond acceptors (Lipinski definition) is 5. The Labute approximate surface area is 175 Å². The highest BCUT2D eigenvalue weighted by Gasteiger charge is 2.26. The predicted octanol–water partition coefficient (Wildman–Crippen LogP) is 1.92. The fourth-order valence-corrected chi connectivity index (χ4v) is 3.82. The minimum Gasteiger partial charge on any atom is -0.366 e. The Morgan fingerprint density at radius 2 is 2.00 bits per heavy atom. The van der Waals surface area contributed by atoms with Crippen LogP contribution < -0.4 is 10.5 Å². The van der Waals surface area contributed by atoms with Crippen LogP contribution in [0.15, 0.2) is 35.6 Å². The van der Waals surface area contributed by atoms with Crippen molar-refractivity contribution in [3.05, 3.63) is 51.8 Å². The van der Waals surface area contributed by atoms with E-state index in [1.807, 2.05) is 30.0 Å². The number of anilines is 1. The summed E-state index contributed by atoms with van der Waals surface area (Å²) in [4.78, 5) is 30.8. The Kier molecular flexibility index (Phi) is 6.26.